The van der Waals surface area contributed by atoms with Gasteiger partial charge in [0.05, 0.1) is 30.0 Å². The standard InChI is InChI=1S/C22H17ClF2N4O4/c23-22(24,25)33-17-3-1-16(2-4-17)28-20(31)15-7-13(9-26-10-15)14-8-18-19(27-11-14)12-29(5-6-30)21(18)32/h1-4,7-11,30H,5-6,12H2,(H,28,31). The van der Waals surface area contributed by atoms with E-state index in [2.05, 4.69) is 20.0 Å². The molecule has 1 aliphatic rings. The monoisotopic (exact) mass is 474 g/mol. The molecule has 2 amide bonds. The molecular weight excluding hydrogens is 458 g/mol. The lowest BCUT2D eigenvalue weighted by Crippen LogP contribution is -2.26. The maximum atomic E-state index is 12.7. The zero-order valence-corrected chi connectivity index (χ0v) is 17.7. The summed E-state index contributed by atoms with van der Waals surface area (Å²) in [4.78, 5) is 35.1. The molecule has 2 N–H and O–H groups in total. The van der Waals surface area contributed by atoms with E-state index in [9.17, 15) is 18.4 Å². The highest BCUT2D eigenvalue weighted by Gasteiger charge is 2.29. The second-order valence-corrected chi connectivity index (χ2v) is 7.60. The number of fused-ring (bicyclic) bond motifs is 1. The summed E-state index contributed by atoms with van der Waals surface area (Å²) >= 11 is 4.73. The number of aliphatic hydroxyl groups excluding tert-OH is 1. The van der Waals surface area contributed by atoms with Gasteiger partial charge >= 0.3 is 5.57 Å². The van der Waals surface area contributed by atoms with Crippen molar-refractivity contribution in [2.24, 2.45) is 0 Å². The van der Waals surface area contributed by atoms with Gasteiger partial charge in [-0.25, -0.2) is 0 Å². The number of amides is 2. The summed E-state index contributed by atoms with van der Waals surface area (Å²) in [6, 6.07) is 8.55. The number of carbonyl (C=O) groups is 2. The van der Waals surface area contributed by atoms with Crippen LogP contribution >= 0.6 is 11.6 Å². The van der Waals surface area contributed by atoms with Gasteiger partial charge < -0.3 is 20.1 Å². The van der Waals surface area contributed by atoms with Gasteiger partial charge in [-0.3, -0.25) is 19.6 Å². The maximum absolute atomic E-state index is 12.7. The Morgan fingerprint density at radius 3 is 2.61 bits per heavy atom. The second kappa shape index (κ2) is 9.08. The summed E-state index contributed by atoms with van der Waals surface area (Å²) in [5.74, 6) is -0.845. The third kappa shape index (κ3) is 5.24. The van der Waals surface area contributed by atoms with Gasteiger partial charge in [0.2, 0.25) is 0 Å². The van der Waals surface area contributed by atoms with Gasteiger partial charge in [-0.15, -0.1) is 8.78 Å². The molecule has 0 unspecified atom stereocenters. The molecule has 4 rings (SSSR count). The third-order valence-corrected chi connectivity index (χ3v) is 4.96. The molecule has 3 heterocycles. The average molecular weight is 475 g/mol. The van der Waals surface area contributed by atoms with E-state index in [-0.39, 0.29) is 30.4 Å². The Hall–Kier alpha value is -3.63. The van der Waals surface area contributed by atoms with Crippen LogP contribution in [-0.4, -0.2) is 50.5 Å². The Balaban J connectivity index is 1.50. The van der Waals surface area contributed by atoms with Crippen LogP contribution in [0.25, 0.3) is 11.1 Å². The van der Waals surface area contributed by atoms with E-state index in [1.54, 1.807) is 24.5 Å². The van der Waals surface area contributed by atoms with Gasteiger partial charge in [-0.1, -0.05) is 0 Å². The lowest BCUT2D eigenvalue weighted by atomic mass is 10.0. The highest BCUT2D eigenvalue weighted by Crippen LogP contribution is 2.28. The molecule has 8 nitrogen and oxygen atoms in total. The van der Waals surface area contributed by atoms with E-state index in [0.29, 0.717) is 34.6 Å². The number of aromatic nitrogens is 2. The van der Waals surface area contributed by atoms with Crippen molar-refractivity contribution in [1.82, 2.24) is 14.9 Å². The van der Waals surface area contributed by atoms with Gasteiger partial charge in [0.25, 0.3) is 11.8 Å². The smallest absolute Gasteiger partial charge is 0.420 e. The molecule has 33 heavy (non-hydrogen) atoms. The number of β-amino-alcohol motifs (C(OH)–C–C–N with tert-alkyl or cyclic N) is 1. The molecule has 0 atom stereocenters. The van der Waals surface area contributed by atoms with Gasteiger partial charge in [-0.05, 0) is 36.4 Å². The Morgan fingerprint density at radius 2 is 1.91 bits per heavy atom. The largest absolute Gasteiger partial charge is 0.487 e. The predicted molar refractivity (Wildman–Crippen MR) is 115 cm³/mol. The fourth-order valence-corrected chi connectivity index (χ4v) is 3.44. The van der Waals surface area contributed by atoms with E-state index in [1.807, 2.05) is 0 Å². The lowest BCUT2D eigenvalue weighted by Gasteiger charge is -2.12. The highest BCUT2D eigenvalue weighted by atomic mass is 35.5. The van der Waals surface area contributed by atoms with Crippen molar-refractivity contribution in [3.63, 3.8) is 0 Å². The number of halogens is 3. The van der Waals surface area contributed by atoms with Crippen molar-refractivity contribution in [2.75, 3.05) is 18.5 Å². The number of aliphatic hydroxyl groups is 1. The summed E-state index contributed by atoms with van der Waals surface area (Å²) in [7, 11) is 0. The van der Waals surface area contributed by atoms with Crippen LogP contribution in [0.3, 0.4) is 0 Å². The van der Waals surface area contributed by atoms with Gasteiger partial charge in [0.15, 0.2) is 0 Å². The molecule has 170 valence electrons. The van der Waals surface area contributed by atoms with Crippen LogP contribution in [0.5, 0.6) is 5.75 Å². The van der Waals surface area contributed by atoms with Crippen molar-refractivity contribution in [3.05, 3.63) is 71.8 Å². The zero-order chi connectivity index (χ0) is 23.6. The van der Waals surface area contributed by atoms with Crippen molar-refractivity contribution in [1.29, 1.82) is 0 Å². The minimum Gasteiger partial charge on any atom is -0.420 e. The quantitative estimate of drug-likeness (QED) is 0.508. The highest BCUT2D eigenvalue weighted by molar-refractivity contribution is 6.20. The Morgan fingerprint density at radius 1 is 1.18 bits per heavy atom. The summed E-state index contributed by atoms with van der Waals surface area (Å²) in [5, 5.41) is 11.7. The number of carbonyl (C=O) groups excluding carboxylic acids is 2. The van der Waals surface area contributed by atoms with Crippen LogP contribution < -0.4 is 10.1 Å². The topological polar surface area (TPSA) is 105 Å². The first-order valence-corrected chi connectivity index (χ1v) is 10.1. The first-order valence-electron chi connectivity index (χ1n) is 9.75. The van der Waals surface area contributed by atoms with Crippen LogP contribution in [0.2, 0.25) is 0 Å². The Bertz CT molecular complexity index is 1200. The number of alkyl halides is 3. The summed E-state index contributed by atoms with van der Waals surface area (Å²) < 4.78 is 29.6. The number of hydrogen-bond acceptors (Lipinski definition) is 6. The molecule has 0 bridgehead atoms. The molecule has 2 aromatic heterocycles. The molecule has 0 aliphatic carbocycles. The number of hydrogen-bond donors (Lipinski definition) is 2. The molecule has 0 fully saturated rings. The third-order valence-electron chi connectivity index (χ3n) is 4.88. The molecular formula is C22H17ClF2N4O4. The van der Waals surface area contributed by atoms with E-state index in [1.165, 1.54) is 35.4 Å². The summed E-state index contributed by atoms with van der Waals surface area (Å²) in [5.41, 5.74) is -0.972. The number of nitrogens with zero attached hydrogens (tertiary/aromatic N) is 3. The number of rotatable bonds is 7. The van der Waals surface area contributed by atoms with Gasteiger partial charge in [-0.2, -0.15) is 0 Å². The second-order valence-electron chi connectivity index (χ2n) is 7.16. The van der Waals surface area contributed by atoms with Crippen molar-refractivity contribution < 1.29 is 28.2 Å². The van der Waals surface area contributed by atoms with Crippen LogP contribution in [-0.2, 0) is 6.54 Å². The van der Waals surface area contributed by atoms with Gasteiger partial charge in [0.1, 0.15) is 5.75 Å². The van der Waals surface area contributed by atoms with Crippen molar-refractivity contribution >= 4 is 29.1 Å². The number of nitrogens with one attached hydrogen (secondary N) is 1. The lowest BCUT2D eigenvalue weighted by molar-refractivity contribution is -0.0964. The summed E-state index contributed by atoms with van der Waals surface area (Å²) in [6.07, 6.45) is 4.52. The fourth-order valence-electron chi connectivity index (χ4n) is 3.35. The van der Waals surface area contributed by atoms with E-state index < -0.39 is 11.5 Å². The molecule has 3 aromatic rings. The van der Waals surface area contributed by atoms with Crippen molar-refractivity contribution in [2.45, 2.75) is 12.1 Å². The molecule has 1 aromatic carbocycles. The number of anilines is 1. The Labute approximate surface area is 191 Å². The maximum Gasteiger partial charge on any atom is 0.487 e. The number of pyridine rings is 2. The molecule has 0 spiro atoms. The van der Waals surface area contributed by atoms with Gasteiger partial charge in [0, 0.05) is 53.6 Å². The van der Waals surface area contributed by atoms with Crippen LogP contribution in [0, 0.1) is 0 Å². The molecule has 0 radical (unpaired) electrons. The molecule has 0 saturated carbocycles. The molecule has 0 saturated heterocycles. The first kappa shape index (κ1) is 22.6. The van der Waals surface area contributed by atoms with Crippen molar-refractivity contribution in [3.8, 4) is 16.9 Å². The SMILES string of the molecule is O=C(Nc1ccc(OC(F)(F)Cl)cc1)c1cncc(-c2cnc3c(c2)C(=O)N(CCO)C3)c1. The zero-order valence-electron chi connectivity index (χ0n) is 17.0. The first-order chi connectivity index (χ1) is 15.7. The minimum absolute atomic E-state index is 0.136. The number of benzene rings is 1. The van der Waals surface area contributed by atoms with Crippen LogP contribution in [0.15, 0.2) is 55.0 Å². The van der Waals surface area contributed by atoms with Crippen LogP contribution in [0.1, 0.15) is 26.4 Å². The van der Waals surface area contributed by atoms with E-state index >= 15 is 0 Å². The van der Waals surface area contributed by atoms with E-state index in [4.69, 9.17) is 16.7 Å². The fraction of sp³-hybridized carbons (Fsp3) is 0.182. The van der Waals surface area contributed by atoms with E-state index in [0.717, 1.165) is 0 Å². The van der Waals surface area contributed by atoms with Crippen LogP contribution in [0.4, 0.5) is 14.5 Å². The number of ether oxygens (including phenoxy) is 1. The average Bonchev–Trinajstić information content (AvgIpc) is 3.09. The predicted octanol–water partition coefficient (Wildman–Crippen LogP) is 3.51. The molecule has 1 aliphatic heterocycles. The summed E-state index contributed by atoms with van der Waals surface area (Å²) in [6.45, 7) is 0.424. The normalized spacial score (nSPS) is 13.1. The minimum atomic E-state index is -3.83. The Kier molecular flexibility index (Phi) is 6.21. The molecule has 11 heteroatoms.